The average Bonchev–Trinajstić information content (AvgIpc) is 2.81. The van der Waals surface area contributed by atoms with Crippen LogP contribution in [0.5, 0.6) is 11.5 Å². The third-order valence-corrected chi connectivity index (χ3v) is 2.84. The fourth-order valence-electron chi connectivity index (χ4n) is 2.04. The molecule has 0 saturated heterocycles. The molecule has 2 rings (SSSR count). The summed E-state index contributed by atoms with van der Waals surface area (Å²) in [7, 11) is 0. The number of rotatable bonds is 5. The number of hydrogen-bond acceptors (Lipinski definition) is 4. The van der Waals surface area contributed by atoms with Gasteiger partial charge >= 0.3 is 0 Å². The van der Waals surface area contributed by atoms with Crippen molar-refractivity contribution in [2.45, 2.75) is 39.3 Å². The zero-order valence-electron chi connectivity index (χ0n) is 12.3. The molecular weight excluding hydrogens is 256 g/mol. The van der Waals surface area contributed by atoms with Crippen molar-refractivity contribution >= 4 is 5.91 Å². The minimum Gasteiger partial charge on any atom is -0.454 e. The van der Waals surface area contributed by atoms with Crippen LogP contribution in [0, 0.1) is 0 Å². The van der Waals surface area contributed by atoms with Gasteiger partial charge in [-0.15, -0.1) is 0 Å². The van der Waals surface area contributed by atoms with E-state index >= 15 is 0 Å². The molecule has 2 N–H and O–H groups in total. The second-order valence-corrected chi connectivity index (χ2v) is 5.88. The molecule has 1 heterocycles. The quantitative estimate of drug-likeness (QED) is 0.807. The summed E-state index contributed by atoms with van der Waals surface area (Å²) in [6.07, 6.45) is 0.462. The van der Waals surface area contributed by atoms with E-state index < -0.39 is 0 Å². The van der Waals surface area contributed by atoms with Gasteiger partial charge in [-0.1, -0.05) is 12.1 Å². The average molecular weight is 278 g/mol. The Bertz CT molecular complexity index is 480. The Hall–Kier alpha value is -1.75. The van der Waals surface area contributed by atoms with Crippen LogP contribution in [0.15, 0.2) is 18.2 Å². The van der Waals surface area contributed by atoms with Crippen LogP contribution >= 0.6 is 0 Å². The molecule has 0 bridgehead atoms. The topological polar surface area (TPSA) is 59.6 Å². The normalized spacial score (nSPS) is 13.3. The molecule has 0 radical (unpaired) electrons. The van der Waals surface area contributed by atoms with E-state index in [1.165, 1.54) is 0 Å². The summed E-state index contributed by atoms with van der Waals surface area (Å²) in [6.45, 7) is 7.50. The van der Waals surface area contributed by atoms with Crippen LogP contribution in [-0.4, -0.2) is 24.8 Å². The summed E-state index contributed by atoms with van der Waals surface area (Å²) >= 11 is 0. The van der Waals surface area contributed by atoms with Gasteiger partial charge in [0.1, 0.15) is 0 Å². The van der Waals surface area contributed by atoms with Crippen LogP contribution in [0.1, 0.15) is 32.8 Å². The molecule has 0 spiro atoms. The van der Waals surface area contributed by atoms with Crippen molar-refractivity contribution in [3.8, 4) is 11.5 Å². The van der Waals surface area contributed by atoms with Crippen molar-refractivity contribution in [3.63, 3.8) is 0 Å². The van der Waals surface area contributed by atoms with E-state index in [9.17, 15) is 4.79 Å². The molecule has 0 atom stereocenters. The van der Waals surface area contributed by atoms with E-state index in [-0.39, 0.29) is 18.2 Å². The van der Waals surface area contributed by atoms with Gasteiger partial charge in [0.15, 0.2) is 11.5 Å². The standard InChI is InChI=1S/C15H22N2O3/c1-15(2,3)17-13(18)7-8-16-9-11-5-4-6-12-14(11)20-10-19-12/h4-6,16H,7-10H2,1-3H3,(H,17,18). The van der Waals surface area contributed by atoms with Gasteiger partial charge in [0.25, 0.3) is 0 Å². The van der Waals surface area contributed by atoms with Gasteiger partial charge in [-0.05, 0) is 26.8 Å². The first kappa shape index (κ1) is 14.7. The maximum Gasteiger partial charge on any atom is 0.231 e. The van der Waals surface area contributed by atoms with E-state index in [2.05, 4.69) is 10.6 Å². The Labute approximate surface area is 119 Å². The van der Waals surface area contributed by atoms with Crippen LogP contribution in [0.25, 0.3) is 0 Å². The van der Waals surface area contributed by atoms with Gasteiger partial charge in [0.2, 0.25) is 12.7 Å². The number of para-hydroxylation sites is 1. The summed E-state index contributed by atoms with van der Waals surface area (Å²) in [5.74, 6) is 1.65. The minimum atomic E-state index is -0.178. The Morgan fingerprint density at radius 1 is 1.30 bits per heavy atom. The summed E-state index contributed by atoms with van der Waals surface area (Å²) in [5, 5.41) is 6.19. The highest BCUT2D eigenvalue weighted by Crippen LogP contribution is 2.35. The fourth-order valence-corrected chi connectivity index (χ4v) is 2.04. The van der Waals surface area contributed by atoms with Crippen molar-refractivity contribution in [2.24, 2.45) is 0 Å². The van der Waals surface area contributed by atoms with Gasteiger partial charge in [0, 0.05) is 30.6 Å². The lowest BCUT2D eigenvalue weighted by molar-refractivity contribution is -0.122. The minimum absolute atomic E-state index is 0.0582. The number of benzene rings is 1. The van der Waals surface area contributed by atoms with Crippen molar-refractivity contribution in [3.05, 3.63) is 23.8 Å². The molecule has 0 unspecified atom stereocenters. The van der Waals surface area contributed by atoms with Gasteiger partial charge < -0.3 is 20.1 Å². The summed E-state index contributed by atoms with van der Waals surface area (Å²) in [6, 6.07) is 5.83. The van der Waals surface area contributed by atoms with E-state index in [0.717, 1.165) is 17.1 Å². The summed E-state index contributed by atoms with van der Waals surface area (Å²) < 4.78 is 10.8. The van der Waals surface area contributed by atoms with Crippen molar-refractivity contribution in [2.75, 3.05) is 13.3 Å². The molecule has 1 aromatic carbocycles. The second-order valence-electron chi connectivity index (χ2n) is 5.88. The maximum absolute atomic E-state index is 11.7. The molecule has 5 nitrogen and oxygen atoms in total. The first-order valence-corrected chi connectivity index (χ1v) is 6.85. The van der Waals surface area contributed by atoms with Crippen LogP contribution in [-0.2, 0) is 11.3 Å². The Balaban J connectivity index is 1.74. The van der Waals surface area contributed by atoms with E-state index in [0.29, 0.717) is 19.5 Å². The van der Waals surface area contributed by atoms with Gasteiger partial charge in [0.05, 0.1) is 0 Å². The van der Waals surface area contributed by atoms with Crippen LogP contribution in [0.2, 0.25) is 0 Å². The SMILES string of the molecule is CC(C)(C)NC(=O)CCNCc1cccc2c1OCO2. The highest BCUT2D eigenvalue weighted by Gasteiger charge is 2.17. The van der Waals surface area contributed by atoms with Gasteiger partial charge in [-0.25, -0.2) is 0 Å². The van der Waals surface area contributed by atoms with Crippen molar-refractivity contribution in [1.82, 2.24) is 10.6 Å². The van der Waals surface area contributed by atoms with E-state index in [1.54, 1.807) is 0 Å². The highest BCUT2D eigenvalue weighted by molar-refractivity contribution is 5.76. The third-order valence-electron chi connectivity index (χ3n) is 2.84. The van der Waals surface area contributed by atoms with E-state index in [4.69, 9.17) is 9.47 Å². The summed E-state index contributed by atoms with van der Waals surface area (Å²) in [5.41, 5.74) is 0.874. The molecule has 0 aliphatic carbocycles. The monoisotopic (exact) mass is 278 g/mol. The van der Waals surface area contributed by atoms with Crippen molar-refractivity contribution < 1.29 is 14.3 Å². The second kappa shape index (κ2) is 6.13. The molecule has 0 saturated carbocycles. The third kappa shape index (κ3) is 4.13. The Morgan fingerprint density at radius 3 is 2.85 bits per heavy atom. The number of nitrogens with one attached hydrogen (secondary N) is 2. The fraction of sp³-hybridized carbons (Fsp3) is 0.533. The molecular formula is C15H22N2O3. The number of fused-ring (bicyclic) bond motifs is 1. The zero-order chi connectivity index (χ0) is 14.6. The lowest BCUT2D eigenvalue weighted by atomic mass is 10.1. The molecule has 1 aromatic rings. The molecule has 110 valence electrons. The largest absolute Gasteiger partial charge is 0.454 e. The molecule has 1 amide bonds. The lowest BCUT2D eigenvalue weighted by Gasteiger charge is -2.20. The maximum atomic E-state index is 11.7. The van der Waals surface area contributed by atoms with Gasteiger partial charge in [-0.2, -0.15) is 0 Å². The van der Waals surface area contributed by atoms with Crippen LogP contribution in [0.3, 0.4) is 0 Å². The highest BCUT2D eigenvalue weighted by atomic mass is 16.7. The predicted octanol–water partition coefficient (Wildman–Crippen LogP) is 1.81. The summed E-state index contributed by atoms with van der Waals surface area (Å²) in [4.78, 5) is 11.7. The van der Waals surface area contributed by atoms with Crippen LogP contribution < -0.4 is 20.1 Å². The number of carbonyl (C=O) groups excluding carboxylic acids is 1. The van der Waals surface area contributed by atoms with E-state index in [1.807, 2.05) is 39.0 Å². The van der Waals surface area contributed by atoms with Gasteiger partial charge in [-0.3, -0.25) is 4.79 Å². The lowest BCUT2D eigenvalue weighted by Crippen LogP contribution is -2.41. The molecule has 1 aliphatic heterocycles. The number of ether oxygens (including phenoxy) is 2. The first-order valence-electron chi connectivity index (χ1n) is 6.85. The predicted molar refractivity (Wildman–Crippen MR) is 76.8 cm³/mol. The molecule has 1 aliphatic rings. The smallest absolute Gasteiger partial charge is 0.231 e. The molecule has 0 aromatic heterocycles. The first-order chi connectivity index (χ1) is 9.46. The Kier molecular flexibility index (Phi) is 4.49. The number of hydrogen-bond donors (Lipinski definition) is 2. The Morgan fingerprint density at radius 2 is 2.10 bits per heavy atom. The molecule has 0 fully saturated rings. The van der Waals surface area contributed by atoms with Crippen molar-refractivity contribution in [1.29, 1.82) is 0 Å². The van der Waals surface area contributed by atoms with Crippen LogP contribution in [0.4, 0.5) is 0 Å². The molecule has 5 heteroatoms. The number of carbonyl (C=O) groups is 1. The molecule has 20 heavy (non-hydrogen) atoms. The zero-order valence-corrected chi connectivity index (χ0v) is 12.3. The number of amides is 1.